The molecule has 6 nitrogen and oxygen atoms in total. The average Bonchev–Trinajstić information content (AvgIpc) is 3.28. The number of nitrogens with zero attached hydrogens (tertiary/aromatic N) is 3. The van der Waals surface area contributed by atoms with Crippen molar-refractivity contribution in [3.8, 4) is 11.3 Å². The van der Waals surface area contributed by atoms with Gasteiger partial charge in [-0.3, -0.25) is 4.90 Å². The van der Waals surface area contributed by atoms with Crippen LogP contribution in [0.4, 0.5) is 5.95 Å². The minimum Gasteiger partial charge on any atom is -0.361 e. The standard InChI is InChI=1S/C25H28N6/c1-2-20(18-31-14-12-26-13-15-31)17-21(3-1)24-8-11-29-25(30-24)28-9-6-19-4-5-23-22(16-19)7-10-27-23/h1-5,7-8,10-11,16-17,26-27H,6,9,12-15,18H2,(H,28,29,30). The topological polar surface area (TPSA) is 68.9 Å². The minimum atomic E-state index is 0.674. The fourth-order valence-corrected chi connectivity index (χ4v) is 4.14. The molecule has 0 aliphatic carbocycles. The molecule has 0 amide bonds. The monoisotopic (exact) mass is 412 g/mol. The van der Waals surface area contributed by atoms with Crippen molar-refractivity contribution >= 4 is 16.9 Å². The number of hydrogen-bond donors (Lipinski definition) is 3. The van der Waals surface area contributed by atoms with E-state index in [4.69, 9.17) is 4.98 Å². The van der Waals surface area contributed by atoms with Crippen molar-refractivity contribution in [1.29, 1.82) is 0 Å². The summed E-state index contributed by atoms with van der Waals surface area (Å²) in [6.45, 7) is 6.12. The van der Waals surface area contributed by atoms with Crippen molar-refractivity contribution in [3.05, 3.63) is 78.1 Å². The number of aromatic amines is 1. The highest BCUT2D eigenvalue weighted by Gasteiger charge is 2.11. The smallest absolute Gasteiger partial charge is 0.223 e. The van der Waals surface area contributed by atoms with E-state index in [1.165, 1.54) is 22.0 Å². The summed E-state index contributed by atoms with van der Waals surface area (Å²) in [5.41, 5.74) is 5.89. The summed E-state index contributed by atoms with van der Waals surface area (Å²) < 4.78 is 0. The Morgan fingerprint density at radius 1 is 0.968 bits per heavy atom. The van der Waals surface area contributed by atoms with Crippen molar-refractivity contribution in [2.24, 2.45) is 0 Å². The second-order valence-corrected chi connectivity index (χ2v) is 8.07. The van der Waals surface area contributed by atoms with Gasteiger partial charge < -0.3 is 15.6 Å². The molecule has 1 saturated heterocycles. The van der Waals surface area contributed by atoms with Gasteiger partial charge in [0.1, 0.15) is 0 Å². The van der Waals surface area contributed by atoms with Crippen LogP contribution in [0, 0.1) is 0 Å². The molecule has 0 atom stereocenters. The summed E-state index contributed by atoms with van der Waals surface area (Å²) in [6, 6.07) is 19.3. The molecule has 158 valence electrons. The van der Waals surface area contributed by atoms with Gasteiger partial charge in [-0.2, -0.15) is 0 Å². The first kappa shape index (κ1) is 19.7. The Labute approximate surface area is 182 Å². The number of fused-ring (bicyclic) bond motifs is 1. The van der Waals surface area contributed by atoms with Gasteiger partial charge in [-0.1, -0.05) is 24.3 Å². The average molecular weight is 413 g/mol. The summed E-state index contributed by atoms with van der Waals surface area (Å²) in [5.74, 6) is 0.674. The highest BCUT2D eigenvalue weighted by atomic mass is 15.2. The third-order valence-electron chi connectivity index (χ3n) is 5.81. The lowest BCUT2D eigenvalue weighted by atomic mass is 10.1. The van der Waals surface area contributed by atoms with Crippen molar-refractivity contribution in [3.63, 3.8) is 0 Å². The SMILES string of the molecule is c1cc(CN2CCNCC2)cc(-c2ccnc(NCCc3ccc4[nH]ccc4c3)n2)c1. The molecule has 3 N–H and O–H groups in total. The lowest BCUT2D eigenvalue weighted by molar-refractivity contribution is 0.233. The van der Waals surface area contributed by atoms with Crippen LogP contribution in [-0.2, 0) is 13.0 Å². The second-order valence-electron chi connectivity index (χ2n) is 8.07. The van der Waals surface area contributed by atoms with Crippen LogP contribution in [-0.4, -0.2) is 52.6 Å². The third-order valence-corrected chi connectivity index (χ3v) is 5.81. The van der Waals surface area contributed by atoms with E-state index in [1.54, 1.807) is 0 Å². The van der Waals surface area contributed by atoms with E-state index in [0.29, 0.717) is 5.95 Å². The van der Waals surface area contributed by atoms with Gasteiger partial charge in [0.25, 0.3) is 0 Å². The van der Waals surface area contributed by atoms with E-state index in [0.717, 1.165) is 56.9 Å². The van der Waals surface area contributed by atoms with Gasteiger partial charge in [-0.05, 0) is 53.3 Å². The van der Waals surface area contributed by atoms with Crippen LogP contribution < -0.4 is 10.6 Å². The van der Waals surface area contributed by atoms with Crippen molar-refractivity contribution in [2.45, 2.75) is 13.0 Å². The van der Waals surface area contributed by atoms with E-state index >= 15 is 0 Å². The number of benzene rings is 2. The van der Waals surface area contributed by atoms with E-state index in [1.807, 2.05) is 18.5 Å². The maximum Gasteiger partial charge on any atom is 0.223 e. The molecular formula is C25H28N6. The number of piperazine rings is 1. The number of hydrogen-bond acceptors (Lipinski definition) is 5. The van der Waals surface area contributed by atoms with E-state index in [2.05, 4.69) is 74.0 Å². The van der Waals surface area contributed by atoms with E-state index < -0.39 is 0 Å². The molecule has 0 saturated carbocycles. The van der Waals surface area contributed by atoms with Gasteiger partial charge in [0, 0.05) is 62.7 Å². The van der Waals surface area contributed by atoms with Crippen LogP contribution in [0.25, 0.3) is 22.2 Å². The fourth-order valence-electron chi connectivity index (χ4n) is 4.14. The maximum absolute atomic E-state index is 4.75. The molecule has 2 aromatic heterocycles. The molecule has 1 fully saturated rings. The summed E-state index contributed by atoms with van der Waals surface area (Å²) in [6.07, 6.45) is 4.74. The zero-order valence-electron chi connectivity index (χ0n) is 17.6. The summed E-state index contributed by atoms with van der Waals surface area (Å²) in [5, 5.41) is 8.04. The Morgan fingerprint density at radius 2 is 1.90 bits per heavy atom. The molecule has 4 aromatic rings. The summed E-state index contributed by atoms with van der Waals surface area (Å²) in [4.78, 5) is 14.9. The van der Waals surface area contributed by atoms with Gasteiger partial charge in [0.15, 0.2) is 0 Å². The maximum atomic E-state index is 4.75. The first-order chi connectivity index (χ1) is 15.3. The number of anilines is 1. The highest BCUT2D eigenvalue weighted by molar-refractivity contribution is 5.79. The lowest BCUT2D eigenvalue weighted by Gasteiger charge is -2.27. The van der Waals surface area contributed by atoms with Crippen LogP contribution >= 0.6 is 0 Å². The zero-order valence-corrected chi connectivity index (χ0v) is 17.6. The molecule has 31 heavy (non-hydrogen) atoms. The molecule has 1 aliphatic rings. The number of nitrogens with one attached hydrogen (secondary N) is 3. The van der Waals surface area contributed by atoms with Crippen molar-refractivity contribution in [2.75, 3.05) is 38.0 Å². The largest absolute Gasteiger partial charge is 0.361 e. The van der Waals surface area contributed by atoms with Crippen LogP contribution in [0.2, 0.25) is 0 Å². The Kier molecular flexibility index (Phi) is 5.91. The van der Waals surface area contributed by atoms with Gasteiger partial charge in [-0.25, -0.2) is 9.97 Å². The number of aromatic nitrogens is 3. The molecule has 0 bridgehead atoms. The zero-order chi connectivity index (χ0) is 20.9. The van der Waals surface area contributed by atoms with Crippen molar-refractivity contribution in [1.82, 2.24) is 25.2 Å². The quantitative estimate of drug-likeness (QED) is 0.432. The third kappa shape index (κ3) is 4.93. The minimum absolute atomic E-state index is 0.674. The molecule has 5 rings (SSSR count). The van der Waals surface area contributed by atoms with Gasteiger partial charge in [0.05, 0.1) is 5.69 Å². The molecule has 0 radical (unpaired) electrons. The molecule has 6 heteroatoms. The first-order valence-corrected chi connectivity index (χ1v) is 11.0. The van der Waals surface area contributed by atoms with Crippen LogP contribution in [0.5, 0.6) is 0 Å². The van der Waals surface area contributed by atoms with Crippen molar-refractivity contribution < 1.29 is 0 Å². The van der Waals surface area contributed by atoms with Gasteiger partial charge in [0.2, 0.25) is 5.95 Å². The Balaban J connectivity index is 1.22. The van der Waals surface area contributed by atoms with E-state index in [-0.39, 0.29) is 0 Å². The highest BCUT2D eigenvalue weighted by Crippen LogP contribution is 2.20. The predicted octanol–water partition coefficient (Wildman–Crippen LogP) is 3.68. The first-order valence-electron chi connectivity index (χ1n) is 11.0. The molecule has 0 unspecified atom stereocenters. The van der Waals surface area contributed by atoms with Crippen LogP contribution in [0.1, 0.15) is 11.1 Å². The Bertz CT molecular complexity index is 1150. The Morgan fingerprint density at radius 3 is 2.84 bits per heavy atom. The van der Waals surface area contributed by atoms with E-state index in [9.17, 15) is 0 Å². The van der Waals surface area contributed by atoms with Crippen LogP contribution in [0.15, 0.2) is 67.0 Å². The second kappa shape index (κ2) is 9.29. The predicted molar refractivity (Wildman–Crippen MR) is 126 cm³/mol. The molecule has 2 aromatic carbocycles. The normalized spacial score (nSPS) is 14.7. The molecule has 1 aliphatic heterocycles. The van der Waals surface area contributed by atoms with Crippen LogP contribution in [0.3, 0.4) is 0 Å². The fraction of sp³-hybridized carbons (Fsp3) is 0.280. The summed E-state index contributed by atoms with van der Waals surface area (Å²) in [7, 11) is 0. The molecule has 0 spiro atoms. The lowest BCUT2D eigenvalue weighted by Crippen LogP contribution is -2.42. The number of H-pyrrole nitrogens is 1. The van der Waals surface area contributed by atoms with Gasteiger partial charge >= 0.3 is 0 Å². The molecule has 3 heterocycles. The molecular weight excluding hydrogens is 384 g/mol. The van der Waals surface area contributed by atoms with Gasteiger partial charge in [-0.15, -0.1) is 0 Å². The summed E-state index contributed by atoms with van der Waals surface area (Å²) >= 11 is 0. The number of rotatable bonds is 7. The Hall–Kier alpha value is -3.22.